The first-order valence-electron chi connectivity index (χ1n) is 11.0. The van der Waals surface area contributed by atoms with E-state index in [9.17, 15) is 9.18 Å². The number of benzene rings is 2. The zero-order chi connectivity index (χ0) is 25.9. The van der Waals surface area contributed by atoms with E-state index < -0.39 is 17.5 Å². The Balaban J connectivity index is 1.71. The summed E-state index contributed by atoms with van der Waals surface area (Å²) >= 11 is 0. The number of aromatic nitrogens is 3. The molecular formula is C25H25FN6O4. The van der Waals surface area contributed by atoms with Crippen molar-refractivity contribution in [1.82, 2.24) is 14.8 Å². The smallest absolute Gasteiger partial charge is 0.413 e. The van der Waals surface area contributed by atoms with Crippen LogP contribution in [0.3, 0.4) is 0 Å². The SMILES string of the molecule is CC(C)(C)OC(=O)Nc1nc2ccc(F)cc2cc1OCc1cc(C(N)=NO)ccc1-n1cccn1. The number of hydrogen-bond acceptors (Lipinski definition) is 7. The highest BCUT2D eigenvalue weighted by Crippen LogP contribution is 2.30. The van der Waals surface area contributed by atoms with E-state index in [0.717, 1.165) is 0 Å². The summed E-state index contributed by atoms with van der Waals surface area (Å²) in [6.45, 7) is 5.22. The van der Waals surface area contributed by atoms with Crippen molar-refractivity contribution < 1.29 is 23.9 Å². The normalized spacial score (nSPS) is 11.9. The number of halogens is 1. The first kappa shape index (κ1) is 24.5. The predicted molar refractivity (Wildman–Crippen MR) is 132 cm³/mol. The number of fused-ring (bicyclic) bond motifs is 1. The third kappa shape index (κ3) is 5.69. The van der Waals surface area contributed by atoms with E-state index in [1.807, 2.05) is 0 Å². The van der Waals surface area contributed by atoms with Crippen LogP contribution in [0.5, 0.6) is 5.75 Å². The van der Waals surface area contributed by atoms with Crippen molar-refractivity contribution >= 4 is 28.6 Å². The second-order valence-corrected chi connectivity index (χ2v) is 8.87. The second kappa shape index (κ2) is 9.90. The van der Waals surface area contributed by atoms with Gasteiger partial charge in [-0.2, -0.15) is 5.10 Å². The number of hydrogen-bond donors (Lipinski definition) is 3. The zero-order valence-electron chi connectivity index (χ0n) is 19.9. The highest BCUT2D eigenvalue weighted by atomic mass is 19.1. The molecule has 186 valence electrons. The van der Waals surface area contributed by atoms with Crippen molar-refractivity contribution in [3.05, 3.63) is 77.9 Å². The summed E-state index contributed by atoms with van der Waals surface area (Å²) in [4.78, 5) is 16.9. The molecule has 4 N–H and O–H groups in total. The van der Waals surface area contributed by atoms with E-state index >= 15 is 0 Å². The lowest BCUT2D eigenvalue weighted by Gasteiger charge is -2.20. The summed E-state index contributed by atoms with van der Waals surface area (Å²) in [5.74, 6) is -0.204. The van der Waals surface area contributed by atoms with Gasteiger partial charge in [-0.05, 0) is 69.3 Å². The summed E-state index contributed by atoms with van der Waals surface area (Å²) in [5.41, 5.74) is 7.31. The van der Waals surface area contributed by atoms with Crippen LogP contribution in [0.15, 0.2) is 66.1 Å². The number of nitrogens with zero attached hydrogens (tertiary/aromatic N) is 4. The number of nitrogens with two attached hydrogens (primary N) is 1. The Labute approximate surface area is 206 Å². The fourth-order valence-corrected chi connectivity index (χ4v) is 3.44. The van der Waals surface area contributed by atoms with Gasteiger partial charge in [0.2, 0.25) is 0 Å². The van der Waals surface area contributed by atoms with Crippen LogP contribution >= 0.6 is 0 Å². The minimum absolute atomic E-state index is 0.00670. The van der Waals surface area contributed by atoms with Gasteiger partial charge >= 0.3 is 6.09 Å². The second-order valence-electron chi connectivity index (χ2n) is 8.87. The lowest BCUT2D eigenvalue weighted by molar-refractivity contribution is 0.0634. The van der Waals surface area contributed by atoms with Crippen LogP contribution in [0.2, 0.25) is 0 Å². The number of nitrogens with one attached hydrogen (secondary N) is 1. The summed E-state index contributed by atoms with van der Waals surface area (Å²) in [6, 6.07) is 12.6. The van der Waals surface area contributed by atoms with Gasteiger partial charge in [0.25, 0.3) is 0 Å². The van der Waals surface area contributed by atoms with E-state index in [0.29, 0.717) is 27.7 Å². The summed E-state index contributed by atoms with van der Waals surface area (Å²) in [5, 5.41) is 19.5. The molecule has 2 heterocycles. The Kier molecular flexibility index (Phi) is 6.73. The molecule has 1 amide bonds. The maximum absolute atomic E-state index is 13.9. The number of carbonyl (C=O) groups excluding carboxylic acids is 1. The predicted octanol–water partition coefficient (Wildman–Crippen LogP) is 4.58. The van der Waals surface area contributed by atoms with Crippen molar-refractivity contribution in [3.63, 3.8) is 0 Å². The molecule has 0 atom stereocenters. The molecule has 0 spiro atoms. The van der Waals surface area contributed by atoms with Gasteiger partial charge in [-0.3, -0.25) is 5.32 Å². The highest BCUT2D eigenvalue weighted by Gasteiger charge is 2.20. The van der Waals surface area contributed by atoms with E-state index in [-0.39, 0.29) is 24.0 Å². The van der Waals surface area contributed by atoms with Crippen molar-refractivity contribution in [2.24, 2.45) is 10.9 Å². The molecule has 0 fully saturated rings. The van der Waals surface area contributed by atoms with Crippen LogP contribution in [-0.4, -0.2) is 37.5 Å². The Morgan fingerprint density at radius 3 is 2.72 bits per heavy atom. The van der Waals surface area contributed by atoms with Gasteiger partial charge in [0.1, 0.15) is 18.0 Å². The van der Waals surface area contributed by atoms with Gasteiger partial charge in [0.15, 0.2) is 17.4 Å². The molecule has 2 aromatic heterocycles. The number of amides is 1. The topological polar surface area (TPSA) is 137 Å². The molecule has 36 heavy (non-hydrogen) atoms. The molecule has 0 saturated carbocycles. The molecule has 0 aliphatic rings. The molecule has 0 radical (unpaired) electrons. The lowest BCUT2D eigenvalue weighted by Crippen LogP contribution is -2.27. The highest BCUT2D eigenvalue weighted by molar-refractivity contribution is 5.97. The van der Waals surface area contributed by atoms with Crippen LogP contribution in [0, 0.1) is 5.82 Å². The fraction of sp³-hybridized carbons (Fsp3) is 0.200. The molecule has 0 unspecified atom stereocenters. The number of oxime groups is 1. The molecule has 4 aromatic rings. The Hall–Kier alpha value is -4.67. The Morgan fingerprint density at radius 2 is 2.03 bits per heavy atom. The molecule has 0 bridgehead atoms. The van der Waals surface area contributed by atoms with Crippen molar-refractivity contribution in [1.29, 1.82) is 0 Å². The fourth-order valence-electron chi connectivity index (χ4n) is 3.44. The zero-order valence-corrected chi connectivity index (χ0v) is 19.9. The third-order valence-electron chi connectivity index (χ3n) is 4.98. The van der Waals surface area contributed by atoms with E-state index in [1.165, 1.54) is 18.2 Å². The van der Waals surface area contributed by atoms with Gasteiger partial charge in [-0.15, -0.1) is 0 Å². The van der Waals surface area contributed by atoms with Crippen molar-refractivity contribution in [2.75, 3.05) is 5.32 Å². The van der Waals surface area contributed by atoms with E-state index in [1.54, 1.807) is 68.2 Å². The van der Waals surface area contributed by atoms with Crippen molar-refractivity contribution in [2.45, 2.75) is 33.0 Å². The first-order chi connectivity index (χ1) is 17.1. The minimum Gasteiger partial charge on any atom is -0.485 e. The van der Waals surface area contributed by atoms with Gasteiger partial charge < -0.3 is 20.4 Å². The molecular weight excluding hydrogens is 467 g/mol. The van der Waals surface area contributed by atoms with E-state index in [4.69, 9.17) is 20.4 Å². The maximum atomic E-state index is 13.9. The molecule has 0 saturated heterocycles. The lowest BCUT2D eigenvalue weighted by atomic mass is 10.1. The summed E-state index contributed by atoms with van der Waals surface area (Å²) in [6.07, 6.45) is 2.68. The van der Waals surface area contributed by atoms with Crippen molar-refractivity contribution in [3.8, 4) is 11.4 Å². The monoisotopic (exact) mass is 492 g/mol. The van der Waals surface area contributed by atoms with Crippen LogP contribution < -0.4 is 15.8 Å². The van der Waals surface area contributed by atoms with Crippen LogP contribution in [0.1, 0.15) is 31.9 Å². The maximum Gasteiger partial charge on any atom is 0.413 e. The molecule has 4 rings (SSSR count). The van der Waals surface area contributed by atoms with Gasteiger partial charge in [0.05, 0.1) is 11.2 Å². The van der Waals surface area contributed by atoms with Crippen LogP contribution in [0.25, 0.3) is 16.6 Å². The quantitative estimate of drug-likeness (QED) is 0.155. The molecule has 0 aliphatic carbocycles. The largest absolute Gasteiger partial charge is 0.485 e. The Bertz CT molecular complexity index is 1430. The average molecular weight is 493 g/mol. The van der Waals surface area contributed by atoms with Crippen LogP contribution in [-0.2, 0) is 11.3 Å². The number of carbonyl (C=O) groups is 1. The summed E-state index contributed by atoms with van der Waals surface area (Å²) < 4.78 is 26.9. The summed E-state index contributed by atoms with van der Waals surface area (Å²) in [7, 11) is 0. The number of ether oxygens (including phenoxy) is 2. The molecule has 2 aromatic carbocycles. The average Bonchev–Trinajstić information content (AvgIpc) is 3.35. The van der Waals surface area contributed by atoms with Gasteiger partial charge in [-0.1, -0.05) is 5.16 Å². The number of amidine groups is 1. The van der Waals surface area contributed by atoms with Crippen LogP contribution in [0.4, 0.5) is 15.0 Å². The van der Waals surface area contributed by atoms with Gasteiger partial charge in [0, 0.05) is 28.9 Å². The number of rotatable bonds is 6. The standard InChI is InChI=1S/C25H25FN6O4/c1-25(2,3)36-24(33)30-23-21(13-16-12-18(26)6-7-19(16)29-23)35-14-17-11-15(22(27)31-34)5-8-20(17)32-10-4-9-28-32/h4-13,34H,14H2,1-3H3,(H2,27,31)(H,29,30,33). The number of pyridine rings is 1. The molecule has 11 heteroatoms. The molecule has 0 aliphatic heterocycles. The Morgan fingerprint density at radius 1 is 1.22 bits per heavy atom. The molecule has 10 nitrogen and oxygen atoms in total. The van der Waals surface area contributed by atoms with Gasteiger partial charge in [-0.25, -0.2) is 18.9 Å². The minimum atomic E-state index is -0.724. The first-order valence-corrected chi connectivity index (χ1v) is 11.0. The third-order valence-corrected chi connectivity index (χ3v) is 4.98. The number of anilines is 1. The van der Waals surface area contributed by atoms with E-state index in [2.05, 4.69) is 20.6 Å².